The molecule has 0 atom stereocenters. The van der Waals surface area contributed by atoms with E-state index in [1.807, 2.05) is 25.2 Å². The third-order valence-corrected chi connectivity index (χ3v) is 11.2. The molecule has 0 unspecified atom stereocenters. The monoisotopic (exact) mass is 839 g/mol. The van der Waals surface area contributed by atoms with E-state index < -0.39 is 23.9 Å². The van der Waals surface area contributed by atoms with Gasteiger partial charge in [-0.2, -0.15) is 10.2 Å². The van der Waals surface area contributed by atoms with Crippen molar-refractivity contribution >= 4 is 40.9 Å². The number of nitrogens with zero attached hydrogens (tertiary/aromatic N) is 7. The second kappa shape index (κ2) is 18.4. The number of carbonyl (C=O) groups excluding carboxylic acids is 4. The highest BCUT2D eigenvalue weighted by Crippen LogP contribution is 2.35. The molecule has 320 valence electrons. The number of urea groups is 1. The van der Waals surface area contributed by atoms with Crippen LogP contribution in [0.2, 0.25) is 0 Å². The summed E-state index contributed by atoms with van der Waals surface area (Å²) in [5, 5.41) is 19.2. The molecule has 0 radical (unpaired) electrons. The van der Waals surface area contributed by atoms with E-state index in [4.69, 9.17) is 9.47 Å². The molecule has 5 amide bonds. The smallest absolute Gasteiger partial charge is 0.315 e. The van der Waals surface area contributed by atoms with Crippen LogP contribution in [0, 0.1) is 5.92 Å². The molecule has 19 heteroatoms. The van der Waals surface area contributed by atoms with Crippen LogP contribution in [0.1, 0.15) is 75.7 Å². The number of nitrogens with one attached hydrogen (secondary N) is 4. The summed E-state index contributed by atoms with van der Waals surface area (Å²) >= 11 is 0. The molecule has 1 saturated carbocycles. The Labute approximate surface area is 349 Å². The maximum Gasteiger partial charge on any atom is 0.315 e. The summed E-state index contributed by atoms with van der Waals surface area (Å²) in [4.78, 5) is 59.0. The van der Waals surface area contributed by atoms with Crippen molar-refractivity contribution < 1.29 is 37.4 Å². The Bertz CT molecular complexity index is 2390. The number of morpholine rings is 1. The molecular formula is C42H47F2N11O6. The maximum atomic E-state index is 14.2. The SMILES string of the molecule is CN(CCNC(=O)NCc1ccc(Oc2cccc3c2C(=O)NC(=O)C3)cc1)C[C@H]1CC[C@H](n2cc(NC(=O)c3cnn4ccc(N5CCOCC5)nc34)c(C(F)F)n2)CC1. The minimum atomic E-state index is -2.88. The molecule has 3 aliphatic rings. The molecule has 1 aliphatic carbocycles. The van der Waals surface area contributed by atoms with Crippen molar-refractivity contribution in [1.29, 1.82) is 0 Å². The lowest BCUT2D eigenvalue weighted by Gasteiger charge is -2.31. The van der Waals surface area contributed by atoms with Crippen LogP contribution in [-0.4, -0.2) is 106 Å². The van der Waals surface area contributed by atoms with Gasteiger partial charge < -0.3 is 35.2 Å². The van der Waals surface area contributed by atoms with Crippen LogP contribution >= 0.6 is 0 Å². The average Bonchev–Trinajstić information content (AvgIpc) is 3.88. The van der Waals surface area contributed by atoms with Crippen LogP contribution in [0.4, 0.5) is 25.1 Å². The van der Waals surface area contributed by atoms with Gasteiger partial charge in [0.1, 0.15) is 22.9 Å². The number of carbonyl (C=O) groups is 4. The fourth-order valence-corrected chi connectivity index (χ4v) is 8.03. The van der Waals surface area contributed by atoms with Crippen LogP contribution in [0.25, 0.3) is 5.65 Å². The number of hydrogen-bond acceptors (Lipinski definition) is 11. The number of likely N-dealkylation sites (N-methyl/N-ethyl adjacent to an activating group) is 1. The van der Waals surface area contributed by atoms with Crippen molar-refractivity contribution in [2.45, 2.75) is 51.1 Å². The van der Waals surface area contributed by atoms with Gasteiger partial charge in [-0.05, 0) is 74.0 Å². The second-order valence-electron chi connectivity index (χ2n) is 15.5. The maximum absolute atomic E-state index is 14.2. The van der Waals surface area contributed by atoms with Gasteiger partial charge in [0, 0.05) is 51.7 Å². The van der Waals surface area contributed by atoms with Crippen LogP contribution in [0.15, 0.2) is 67.1 Å². The summed E-state index contributed by atoms with van der Waals surface area (Å²) in [7, 11) is 2.01. The number of fused-ring (bicyclic) bond motifs is 2. The lowest BCUT2D eigenvalue weighted by atomic mass is 9.86. The van der Waals surface area contributed by atoms with Gasteiger partial charge in [-0.25, -0.2) is 23.1 Å². The highest BCUT2D eigenvalue weighted by Gasteiger charge is 2.29. The molecule has 61 heavy (non-hydrogen) atoms. The number of rotatable bonds is 14. The number of benzene rings is 2. The first-order valence-electron chi connectivity index (χ1n) is 20.4. The highest BCUT2D eigenvalue weighted by atomic mass is 19.3. The summed E-state index contributed by atoms with van der Waals surface area (Å²) in [6, 6.07) is 13.7. The lowest BCUT2D eigenvalue weighted by molar-refractivity contribution is -0.119. The van der Waals surface area contributed by atoms with E-state index in [-0.39, 0.29) is 35.7 Å². The topological polar surface area (TPSA) is 189 Å². The van der Waals surface area contributed by atoms with E-state index in [1.54, 1.807) is 41.2 Å². The van der Waals surface area contributed by atoms with Crippen molar-refractivity contribution in [1.82, 2.24) is 45.2 Å². The standard InChI is InChI=1S/C42H47F2N11O6/c1-52(16-14-45-42(59)46-22-26-7-11-30(12-8-26)61-33-4-2-3-28-21-35(56)50-41(58)36(28)33)24-27-5-9-29(10-6-27)55-25-32(37(51-55)38(43)44)48-40(57)31-23-47-54-15-13-34(49-39(31)54)53-17-19-60-20-18-53/h2-4,7-8,11-13,15,23,25,27,29,38H,5-6,9-10,14,16-22,24H2,1H3,(H,48,57)(H2,45,46,59)(H,50,56,58)/t27-,29-. The second-order valence-corrected chi connectivity index (χ2v) is 15.5. The highest BCUT2D eigenvalue weighted by molar-refractivity contribution is 6.11. The molecule has 8 rings (SSSR count). The van der Waals surface area contributed by atoms with E-state index in [1.165, 1.54) is 16.9 Å². The molecule has 3 aromatic heterocycles. The average molecular weight is 840 g/mol. The number of ether oxygens (including phenoxy) is 2. The summed E-state index contributed by atoms with van der Waals surface area (Å²) in [5.41, 5.74) is 1.79. The number of halogens is 2. The molecule has 4 N–H and O–H groups in total. The Kier molecular flexibility index (Phi) is 12.5. The Balaban J connectivity index is 0.760. The molecule has 1 saturated heterocycles. The zero-order chi connectivity index (χ0) is 42.5. The van der Waals surface area contributed by atoms with Gasteiger partial charge in [0.25, 0.3) is 18.2 Å². The molecule has 0 bridgehead atoms. The summed E-state index contributed by atoms with van der Waals surface area (Å²) < 4.78 is 42.8. The van der Waals surface area contributed by atoms with Crippen molar-refractivity contribution in [3.63, 3.8) is 0 Å². The Morgan fingerprint density at radius 2 is 1.82 bits per heavy atom. The first-order chi connectivity index (χ1) is 29.6. The summed E-state index contributed by atoms with van der Waals surface area (Å²) in [6.07, 6.45) is 5.08. The normalized spacial score (nSPS) is 18.0. The predicted molar refractivity (Wildman–Crippen MR) is 219 cm³/mol. The number of hydrogen-bond donors (Lipinski definition) is 4. The van der Waals surface area contributed by atoms with Crippen LogP contribution in [0.5, 0.6) is 11.5 Å². The van der Waals surface area contributed by atoms with E-state index in [0.717, 1.165) is 37.8 Å². The van der Waals surface area contributed by atoms with Gasteiger partial charge in [0.05, 0.1) is 43.1 Å². The van der Waals surface area contributed by atoms with E-state index >= 15 is 0 Å². The van der Waals surface area contributed by atoms with Gasteiger partial charge in [-0.15, -0.1) is 0 Å². The first kappa shape index (κ1) is 41.3. The fourth-order valence-electron chi connectivity index (χ4n) is 8.03. The lowest BCUT2D eigenvalue weighted by Crippen LogP contribution is -2.40. The molecule has 2 aliphatic heterocycles. The molecule has 5 aromatic rings. The molecule has 0 spiro atoms. The predicted octanol–water partition coefficient (Wildman–Crippen LogP) is 4.72. The van der Waals surface area contributed by atoms with Crippen molar-refractivity contribution in [3.8, 4) is 11.5 Å². The Hall–Kier alpha value is -6.47. The van der Waals surface area contributed by atoms with Gasteiger partial charge in [-0.1, -0.05) is 24.3 Å². The van der Waals surface area contributed by atoms with E-state index in [9.17, 15) is 28.0 Å². The van der Waals surface area contributed by atoms with E-state index in [0.29, 0.717) is 85.9 Å². The van der Waals surface area contributed by atoms with Crippen LogP contribution in [-0.2, 0) is 22.5 Å². The largest absolute Gasteiger partial charge is 0.457 e. The molecule has 17 nitrogen and oxygen atoms in total. The molecule has 2 fully saturated rings. The third kappa shape index (κ3) is 9.78. The molecular weight excluding hydrogens is 793 g/mol. The molecule has 5 heterocycles. The zero-order valence-corrected chi connectivity index (χ0v) is 33.6. The number of aromatic nitrogens is 5. The molecule has 2 aromatic carbocycles. The number of alkyl halides is 2. The van der Waals surface area contributed by atoms with Crippen molar-refractivity contribution in [2.75, 3.05) is 63.2 Å². The van der Waals surface area contributed by atoms with Crippen LogP contribution in [0.3, 0.4) is 0 Å². The van der Waals surface area contributed by atoms with Gasteiger partial charge >= 0.3 is 6.03 Å². The minimum Gasteiger partial charge on any atom is -0.457 e. The van der Waals surface area contributed by atoms with Gasteiger partial charge in [0.15, 0.2) is 11.3 Å². The number of amides is 5. The Morgan fingerprint density at radius 1 is 1.03 bits per heavy atom. The van der Waals surface area contributed by atoms with Crippen molar-refractivity contribution in [3.05, 3.63) is 95.1 Å². The number of imide groups is 1. The minimum absolute atomic E-state index is 0.0370. The van der Waals surface area contributed by atoms with Crippen molar-refractivity contribution in [2.24, 2.45) is 5.92 Å². The first-order valence-corrected chi connectivity index (χ1v) is 20.4. The summed E-state index contributed by atoms with van der Waals surface area (Å²) in [5.74, 6) is 0.521. The third-order valence-electron chi connectivity index (χ3n) is 11.2. The quantitative estimate of drug-likeness (QED) is 0.113. The van der Waals surface area contributed by atoms with E-state index in [2.05, 4.69) is 46.2 Å². The zero-order valence-electron chi connectivity index (χ0n) is 33.6. The number of anilines is 2. The Morgan fingerprint density at radius 3 is 2.59 bits per heavy atom. The van der Waals surface area contributed by atoms with Gasteiger partial charge in [-0.3, -0.25) is 24.4 Å². The van der Waals surface area contributed by atoms with Crippen LogP contribution < -0.4 is 30.9 Å². The summed E-state index contributed by atoms with van der Waals surface area (Å²) in [6.45, 7) is 4.70. The fraction of sp³-hybridized carbons (Fsp3) is 0.405. The van der Waals surface area contributed by atoms with Gasteiger partial charge in [0.2, 0.25) is 5.91 Å².